The summed E-state index contributed by atoms with van der Waals surface area (Å²) < 4.78 is 1.76. The minimum absolute atomic E-state index is 0.569. The molecule has 0 saturated heterocycles. The number of rotatable bonds is 2. The second-order valence-electron chi connectivity index (χ2n) is 4.68. The van der Waals surface area contributed by atoms with Crippen molar-refractivity contribution < 1.29 is 0 Å². The minimum Gasteiger partial charge on any atom is -0.332 e. The standard InChI is InChI=1S/C14H18N4S/c1-9-5-6-12(7-10(9)2)15-14(19)16-13-8-18(4)17-11(13)3/h5-8H,1-4H3,(H2,15,16,19). The van der Waals surface area contributed by atoms with Crippen molar-refractivity contribution in [2.24, 2.45) is 7.05 Å². The van der Waals surface area contributed by atoms with Gasteiger partial charge in [-0.1, -0.05) is 6.07 Å². The lowest BCUT2D eigenvalue weighted by atomic mass is 10.1. The molecule has 0 radical (unpaired) electrons. The van der Waals surface area contributed by atoms with Crippen molar-refractivity contribution in [2.45, 2.75) is 20.8 Å². The van der Waals surface area contributed by atoms with Gasteiger partial charge in [-0.15, -0.1) is 0 Å². The van der Waals surface area contributed by atoms with Crippen LogP contribution >= 0.6 is 12.2 Å². The van der Waals surface area contributed by atoms with Crippen LogP contribution < -0.4 is 10.6 Å². The molecule has 0 aliphatic heterocycles. The van der Waals surface area contributed by atoms with E-state index < -0.39 is 0 Å². The maximum Gasteiger partial charge on any atom is 0.175 e. The first-order chi connectivity index (χ1) is 8.95. The Bertz CT molecular complexity index is 616. The molecule has 1 aromatic carbocycles. The molecule has 1 aromatic heterocycles. The fraction of sp³-hybridized carbons (Fsp3) is 0.286. The molecule has 2 rings (SSSR count). The van der Waals surface area contributed by atoms with Crippen molar-refractivity contribution >= 4 is 28.7 Å². The summed E-state index contributed by atoms with van der Waals surface area (Å²) in [7, 11) is 1.89. The van der Waals surface area contributed by atoms with Gasteiger partial charge in [0.15, 0.2) is 5.11 Å². The fourth-order valence-corrected chi connectivity index (χ4v) is 2.05. The van der Waals surface area contributed by atoms with Crippen LogP contribution in [0.2, 0.25) is 0 Å². The summed E-state index contributed by atoms with van der Waals surface area (Å²) in [6, 6.07) is 6.18. The third-order valence-corrected chi connectivity index (χ3v) is 3.23. The number of benzene rings is 1. The van der Waals surface area contributed by atoms with Crippen molar-refractivity contribution in [1.29, 1.82) is 0 Å². The summed E-state index contributed by atoms with van der Waals surface area (Å²) in [6.45, 7) is 6.12. The highest BCUT2D eigenvalue weighted by Gasteiger charge is 2.05. The van der Waals surface area contributed by atoms with Crippen LogP contribution in [0.15, 0.2) is 24.4 Å². The Hall–Kier alpha value is -1.88. The summed E-state index contributed by atoms with van der Waals surface area (Å²) in [5.74, 6) is 0. The number of hydrogen-bond donors (Lipinski definition) is 2. The SMILES string of the molecule is Cc1ccc(NC(=S)Nc2cn(C)nc2C)cc1C. The molecule has 4 nitrogen and oxygen atoms in total. The summed E-state index contributed by atoms with van der Waals surface area (Å²) in [5, 5.41) is 11.2. The quantitative estimate of drug-likeness (QED) is 0.826. The zero-order valence-corrected chi connectivity index (χ0v) is 12.4. The molecule has 0 saturated carbocycles. The number of anilines is 2. The van der Waals surface area contributed by atoms with Crippen LogP contribution in [0.5, 0.6) is 0 Å². The van der Waals surface area contributed by atoms with Gasteiger partial charge in [0.2, 0.25) is 0 Å². The summed E-state index contributed by atoms with van der Waals surface area (Å²) in [6.07, 6.45) is 1.91. The zero-order chi connectivity index (χ0) is 14.0. The lowest BCUT2D eigenvalue weighted by Gasteiger charge is -2.11. The van der Waals surface area contributed by atoms with E-state index in [1.165, 1.54) is 11.1 Å². The van der Waals surface area contributed by atoms with E-state index >= 15 is 0 Å². The van der Waals surface area contributed by atoms with E-state index in [-0.39, 0.29) is 0 Å². The van der Waals surface area contributed by atoms with E-state index in [0.29, 0.717) is 5.11 Å². The summed E-state index contributed by atoms with van der Waals surface area (Å²) >= 11 is 5.30. The van der Waals surface area contributed by atoms with Crippen molar-refractivity contribution in [3.05, 3.63) is 41.2 Å². The lowest BCUT2D eigenvalue weighted by molar-refractivity contribution is 0.756. The van der Waals surface area contributed by atoms with Crippen LogP contribution in [0.1, 0.15) is 16.8 Å². The molecule has 0 unspecified atom stereocenters. The van der Waals surface area contributed by atoms with Gasteiger partial charge in [-0.2, -0.15) is 5.10 Å². The van der Waals surface area contributed by atoms with Crippen LogP contribution in [-0.4, -0.2) is 14.9 Å². The Kier molecular flexibility index (Phi) is 3.85. The highest BCUT2D eigenvalue weighted by molar-refractivity contribution is 7.80. The fourth-order valence-electron chi connectivity index (χ4n) is 1.83. The molecule has 1 heterocycles. The molecule has 0 amide bonds. The summed E-state index contributed by atoms with van der Waals surface area (Å²) in [5.41, 5.74) is 5.34. The topological polar surface area (TPSA) is 41.9 Å². The van der Waals surface area contributed by atoms with Gasteiger partial charge in [0.05, 0.1) is 11.4 Å². The Morgan fingerprint density at radius 3 is 2.47 bits per heavy atom. The van der Waals surface area contributed by atoms with E-state index in [1.807, 2.05) is 26.2 Å². The Balaban J connectivity index is 2.05. The number of nitrogens with one attached hydrogen (secondary N) is 2. The smallest absolute Gasteiger partial charge is 0.175 e. The van der Waals surface area contributed by atoms with Crippen molar-refractivity contribution in [2.75, 3.05) is 10.6 Å². The van der Waals surface area contributed by atoms with E-state index in [1.54, 1.807) is 4.68 Å². The van der Waals surface area contributed by atoms with Crippen molar-refractivity contribution in [3.8, 4) is 0 Å². The van der Waals surface area contributed by atoms with E-state index in [0.717, 1.165) is 17.1 Å². The Morgan fingerprint density at radius 2 is 1.89 bits per heavy atom. The molecular weight excluding hydrogens is 256 g/mol. The predicted molar refractivity (Wildman–Crippen MR) is 83.7 cm³/mol. The Morgan fingerprint density at radius 1 is 1.16 bits per heavy atom. The van der Waals surface area contributed by atoms with Gasteiger partial charge in [0, 0.05) is 18.9 Å². The summed E-state index contributed by atoms with van der Waals surface area (Å²) in [4.78, 5) is 0. The first-order valence-electron chi connectivity index (χ1n) is 6.11. The van der Waals surface area contributed by atoms with E-state index in [2.05, 4.69) is 41.7 Å². The average molecular weight is 274 g/mol. The molecular formula is C14H18N4S. The van der Waals surface area contributed by atoms with E-state index in [9.17, 15) is 0 Å². The molecule has 0 bridgehead atoms. The number of thiocarbonyl (C=S) groups is 1. The third-order valence-electron chi connectivity index (χ3n) is 3.03. The number of aromatic nitrogens is 2. The molecule has 0 atom stereocenters. The van der Waals surface area contributed by atoms with Crippen LogP contribution in [0.4, 0.5) is 11.4 Å². The first-order valence-corrected chi connectivity index (χ1v) is 6.52. The zero-order valence-electron chi connectivity index (χ0n) is 11.6. The largest absolute Gasteiger partial charge is 0.332 e. The normalized spacial score (nSPS) is 10.3. The van der Waals surface area contributed by atoms with Crippen LogP contribution in [0, 0.1) is 20.8 Å². The van der Waals surface area contributed by atoms with Gasteiger partial charge >= 0.3 is 0 Å². The van der Waals surface area contributed by atoms with Crippen molar-refractivity contribution in [1.82, 2.24) is 9.78 Å². The second-order valence-corrected chi connectivity index (χ2v) is 5.09. The second kappa shape index (κ2) is 5.40. The molecule has 0 aliphatic carbocycles. The monoisotopic (exact) mass is 274 g/mol. The van der Waals surface area contributed by atoms with Crippen LogP contribution in [-0.2, 0) is 7.05 Å². The lowest BCUT2D eigenvalue weighted by Crippen LogP contribution is -2.19. The number of aryl methyl sites for hydroxylation is 4. The predicted octanol–water partition coefficient (Wildman–Crippen LogP) is 3.15. The molecule has 2 N–H and O–H groups in total. The molecule has 19 heavy (non-hydrogen) atoms. The van der Waals surface area contributed by atoms with Crippen LogP contribution in [0.3, 0.4) is 0 Å². The van der Waals surface area contributed by atoms with E-state index in [4.69, 9.17) is 12.2 Å². The van der Waals surface area contributed by atoms with Gasteiger partial charge in [-0.25, -0.2) is 0 Å². The average Bonchev–Trinajstić information content (AvgIpc) is 2.62. The first kappa shape index (κ1) is 13.5. The number of hydrogen-bond acceptors (Lipinski definition) is 2. The van der Waals surface area contributed by atoms with Crippen LogP contribution in [0.25, 0.3) is 0 Å². The molecule has 0 spiro atoms. The molecule has 0 fully saturated rings. The maximum absolute atomic E-state index is 5.30. The van der Waals surface area contributed by atoms with Gasteiger partial charge in [0.1, 0.15) is 0 Å². The number of nitrogens with zero attached hydrogens (tertiary/aromatic N) is 2. The van der Waals surface area contributed by atoms with Gasteiger partial charge in [0.25, 0.3) is 0 Å². The molecule has 0 aliphatic rings. The third kappa shape index (κ3) is 3.32. The molecule has 2 aromatic rings. The maximum atomic E-state index is 5.30. The van der Waals surface area contributed by atoms with Crippen molar-refractivity contribution in [3.63, 3.8) is 0 Å². The minimum atomic E-state index is 0.569. The molecule has 5 heteroatoms. The highest BCUT2D eigenvalue weighted by Crippen LogP contribution is 2.16. The highest BCUT2D eigenvalue weighted by atomic mass is 32.1. The van der Waals surface area contributed by atoms with Gasteiger partial charge in [-0.3, -0.25) is 4.68 Å². The molecule has 100 valence electrons. The van der Waals surface area contributed by atoms with Gasteiger partial charge in [-0.05, 0) is 56.2 Å². The Labute approximate surface area is 118 Å². The van der Waals surface area contributed by atoms with Gasteiger partial charge < -0.3 is 10.6 Å².